The van der Waals surface area contributed by atoms with Crippen molar-refractivity contribution in [3.63, 3.8) is 0 Å². The molecule has 1 aromatic heterocycles. The van der Waals surface area contributed by atoms with Gasteiger partial charge in [0.2, 0.25) is 0 Å². The molecule has 0 unspecified atom stereocenters. The average molecular weight is 335 g/mol. The molecule has 3 aromatic rings. The highest BCUT2D eigenvalue weighted by atomic mass is 16.5. The number of aromatic nitrogens is 1. The second kappa shape index (κ2) is 7.57. The first kappa shape index (κ1) is 16.6. The highest BCUT2D eigenvalue weighted by Crippen LogP contribution is 2.20. The van der Waals surface area contributed by atoms with Gasteiger partial charge in [-0.2, -0.15) is 0 Å². The number of hydrogen-bond acceptors (Lipinski definition) is 5. The van der Waals surface area contributed by atoms with Crippen LogP contribution in [0.15, 0.2) is 65.2 Å². The molecule has 0 amide bonds. The molecule has 3 rings (SSSR count). The number of oxazole rings is 1. The minimum Gasteiger partial charge on any atom is -0.441 e. The second-order valence-corrected chi connectivity index (χ2v) is 5.54. The zero-order valence-corrected chi connectivity index (χ0v) is 13.8. The summed E-state index contributed by atoms with van der Waals surface area (Å²) in [6.07, 6.45) is 2.13. The van der Waals surface area contributed by atoms with Crippen molar-refractivity contribution in [1.82, 2.24) is 4.98 Å². The molecule has 1 heterocycles. The molecular formula is C20H17NO4. The summed E-state index contributed by atoms with van der Waals surface area (Å²) >= 11 is 0. The smallest absolute Gasteiger partial charge is 0.311 e. The van der Waals surface area contributed by atoms with Gasteiger partial charge in [0.25, 0.3) is 0 Å². The number of benzene rings is 2. The van der Waals surface area contributed by atoms with Gasteiger partial charge in [-0.3, -0.25) is 9.59 Å². The van der Waals surface area contributed by atoms with E-state index in [1.165, 1.54) is 6.92 Å². The number of esters is 1. The number of carbonyl (C=O) groups is 2. The molecule has 0 aliphatic heterocycles. The van der Waals surface area contributed by atoms with Crippen LogP contribution >= 0.6 is 0 Å². The number of carbonyl (C=O) groups excluding carboxylic acids is 2. The number of ketones is 1. The summed E-state index contributed by atoms with van der Waals surface area (Å²) < 4.78 is 10.9. The van der Waals surface area contributed by atoms with Gasteiger partial charge in [-0.1, -0.05) is 42.5 Å². The summed E-state index contributed by atoms with van der Waals surface area (Å²) in [5.74, 6) is 1.02. The van der Waals surface area contributed by atoms with E-state index in [4.69, 9.17) is 9.15 Å². The lowest BCUT2D eigenvalue weighted by Crippen LogP contribution is -2.09. The molecule has 0 fully saturated rings. The van der Waals surface area contributed by atoms with Crippen LogP contribution in [0.4, 0.5) is 0 Å². The Morgan fingerprint density at radius 2 is 1.88 bits per heavy atom. The second-order valence-electron chi connectivity index (χ2n) is 5.54. The molecule has 0 bridgehead atoms. The van der Waals surface area contributed by atoms with Crippen molar-refractivity contribution in [1.29, 1.82) is 0 Å². The molecule has 0 atom stereocenters. The fourth-order valence-corrected chi connectivity index (χ4v) is 2.33. The van der Waals surface area contributed by atoms with Crippen LogP contribution in [-0.4, -0.2) is 16.7 Å². The minimum atomic E-state index is -0.403. The molecule has 0 saturated carbocycles. The first-order valence-corrected chi connectivity index (χ1v) is 7.93. The van der Waals surface area contributed by atoms with E-state index in [0.717, 1.165) is 5.56 Å². The first-order valence-electron chi connectivity index (χ1n) is 7.93. The number of ether oxygens (including phenoxy) is 1. The van der Waals surface area contributed by atoms with Crippen LogP contribution in [-0.2, 0) is 11.2 Å². The highest BCUT2D eigenvalue weighted by Gasteiger charge is 2.11. The molecule has 0 N–H and O–H groups in total. The van der Waals surface area contributed by atoms with E-state index >= 15 is 0 Å². The highest BCUT2D eigenvalue weighted by molar-refractivity contribution is 5.94. The number of hydrogen-bond donors (Lipinski definition) is 0. The topological polar surface area (TPSA) is 69.4 Å². The van der Waals surface area contributed by atoms with Crippen molar-refractivity contribution in [3.8, 4) is 17.1 Å². The number of rotatable bonds is 6. The van der Waals surface area contributed by atoms with Gasteiger partial charge < -0.3 is 9.15 Å². The van der Waals surface area contributed by atoms with E-state index in [1.807, 2.05) is 30.3 Å². The molecule has 0 saturated heterocycles. The van der Waals surface area contributed by atoms with E-state index in [2.05, 4.69) is 4.98 Å². The third kappa shape index (κ3) is 4.41. The molecule has 0 radical (unpaired) electrons. The molecule has 0 aliphatic carbocycles. The van der Waals surface area contributed by atoms with Gasteiger partial charge in [-0.15, -0.1) is 0 Å². The summed E-state index contributed by atoms with van der Waals surface area (Å²) in [5.41, 5.74) is 1.44. The third-order valence-electron chi connectivity index (χ3n) is 3.63. The molecule has 126 valence electrons. The Balaban J connectivity index is 1.57. The van der Waals surface area contributed by atoms with Gasteiger partial charge in [0.05, 0.1) is 12.6 Å². The van der Waals surface area contributed by atoms with Crippen molar-refractivity contribution < 1.29 is 18.7 Å². The Labute approximate surface area is 145 Å². The fourth-order valence-electron chi connectivity index (χ4n) is 2.33. The molecule has 2 aromatic carbocycles. The van der Waals surface area contributed by atoms with Crippen molar-refractivity contribution in [2.24, 2.45) is 0 Å². The Bertz CT molecular complexity index is 883. The lowest BCUT2D eigenvalue weighted by molar-refractivity contribution is -0.134. The van der Waals surface area contributed by atoms with Crippen molar-refractivity contribution in [2.45, 2.75) is 19.8 Å². The van der Waals surface area contributed by atoms with Crippen molar-refractivity contribution in [3.05, 3.63) is 72.2 Å². The van der Waals surface area contributed by atoms with Crippen LogP contribution in [0.3, 0.4) is 0 Å². The number of nitrogens with zero attached hydrogens (tertiary/aromatic N) is 1. The average Bonchev–Trinajstić information content (AvgIpc) is 3.10. The van der Waals surface area contributed by atoms with Gasteiger partial charge in [0.1, 0.15) is 5.75 Å². The predicted octanol–water partition coefficient (Wildman–Crippen LogP) is 4.08. The summed E-state index contributed by atoms with van der Waals surface area (Å²) in [4.78, 5) is 27.5. The first-order chi connectivity index (χ1) is 12.1. The van der Waals surface area contributed by atoms with Gasteiger partial charge in [0, 0.05) is 17.5 Å². The van der Waals surface area contributed by atoms with Crippen LogP contribution in [0.2, 0.25) is 0 Å². The maximum atomic E-state index is 12.0. The van der Waals surface area contributed by atoms with Gasteiger partial charge in [-0.25, -0.2) is 4.98 Å². The maximum absolute atomic E-state index is 12.0. The van der Waals surface area contributed by atoms with Crippen LogP contribution in [0.5, 0.6) is 5.75 Å². The largest absolute Gasteiger partial charge is 0.441 e. The maximum Gasteiger partial charge on any atom is 0.311 e. The number of Topliss-reactive ketones (excluding diaryl/α,β-unsaturated/α-hetero) is 1. The monoisotopic (exact) mass is 335 g/mol. The lowest BCUT2D eigenvalue weighted by atomic mass is 10.1. The zero-order valence-electron chi connectivity index (χ0n) is 13.8. The molecule has 5 heteroatoms. The lowest BCUT2D eigenvalue weighted by Gasteiger charge is -2.04. The molecule has 0 aliphatic rings. The summed E-state index contributed by atoms with van der Waals surface area (Å²) in [6, 6.07) is 16.2. The quantitative estimate of drug-likeness (QED) is 0.386. The molecular weight excluding hydrogens is 318 g/mol. The molecule has 25 heavy (non-hydrogen) atoms. The van der Waals surface area contributed by atoms with E-state index < -0.39 is 5.97 Å². The third-order valence-corrected chi connectivity index (χ3v) is 3.63. The fraction of sp³-hybridized carbons (Fsp3) is 0.150. The van der Waals surface area contributed by atoms with Gasteiger partial charge >= 0.3 is 5.97 Å². The Kier molecular flexibility index (Phi) is 5.04. The minimum absolute atomic E-state index is 0.0777. The molecule has 0 spiro atoms. The Hall–Kier alpha value is -3.21. The summed E-state index contributed by atoms with van der Waals surface area (Å²) in [5, 5.41) is 0. The Morgan fingerprint density at radius 1 is 1.08 bits per heavy atom. The Morgan fingerprint density at radius 3 is 2.64 bits per heavy atom. The van der Waals surface area contributed by atoms with Gasteiger partial charge in [0.15, 0.2) is 17.4 Å². The van der Waals surface area contributed by atoms with Crippen LogP contribution in [0, 0.1) is 0 Å². The summed E-state index contributed by atoms with van der Waals surface area (Å²) in [6.45, 7) is 1.47. The van der Waals surface area contributed by atoms with Crippen LogP contribution < -0.4 is 4.74 Å². The van der Waals surface area contributed by atoms with Crippen molar-refractivity contribution in [2.75, 3.05) is 0 Å². The zero-order chi connectivity index (χ0) is 17.6. The van der Waals surface area contributed by atoms with E-state index in [1.54, 1.807) is 30.5 Å². The normalized spacial score (nSPS) is 10.4. The predicted molar refractivity (Wildman–Crippen MR) is 92.3 cm³/mol. The standard InChI is InChI=1S/C20H17NO4/c1-14(22)16-8-5-9-17(12-16)24-20(23)11-10-19-21-13-18(25-19)15-6-3-2-4-7-15/h2-9,12-13H,10-11H2,1H3. The number of aryl methyl sites for hydroxylation is 1. The van der Waals surface area contributed by atoms with Gasteiger partial charge in [-0.05, 0) is 19.1 Å². The molecule has 5 nitrogen and oxygen atoms in total. The van der Waals surface area contributed by atoms with E-state index in [0.29, 0.717) is 29.4 Å². The SMILES string of the molecule is CC(=O)c1cccc(OC(=O)CCc2ncc(-c3ccccc3)o2)c1. The van der Waals surface area contributed by atoms with Crippen molar-refractivity contribution >= 4 is 11.8 Å². The van der Waals surface area contributed by atoms with Crippen LogP contribution in [0.1, 0.15) is 29.6 Å². The van der Waals surface area contributed by atoms with E-state index in [9.17, 15) is 9.59 Å². The van der Waals surface area contributed by atoms with Crippen LogP contribution in [0.25, 0.3) is 11.3 Å². The van der Waals surface area contributed by atoms with E-state index in [-0.39, 0.29) is 12.2 Å². The summed E-state index contributed by atoms with van der Waals surface area (Å²) in [7, 11) is 0.